The smallest absolute Gasteiger partial charge is 0.238 e. The lowest BCUT2D eigenvalue weighted by molar-refractivity contribution is 0.590. The Balaban J connectivity index is 1.04. The third-order valence-corrected chi connectivity index (χ3v) is 16.9. The molecular formula is C77H69N5. The second-order valence-corrected chi connectivity index (χ2v) is 25.0. The van der Waals surface area contributed by atoms with Crippen LogP contribution in [0.3, 0.4) is 0 Å². The predicted molar refractivity (Wildman–Crippen MR) is 347 cm³/mol. The number of benzene rings is 10. The van der Waals surface area contributed by atoms with E-state index < -0.39 is 0 Å². The number of aromatic nitrogens is 5. The first kappa shape index (κ1) is 52.2. The van der Waals surface area contributed by atoms with Gasteiger partial charge in [-0.25, -0.2) is 4.98 Å². The molecule has 0 aliphatic carbocycles. The molecule has 5 nitrogen and oxygen atoms in total. The molecule has 82 heavy (non-hydrogen) atoms. The zero-order valence-electron chi connectivity index (χ0n) is 49.3. The number of hydrogen-bond acceptors (Lipinski definition) is 3. The molecule has 0 aliphatic rings. The minimum atomic E-state index is 0.0539. The summed E-state index contributed by atoms with van der Waals surface area (Å²) in [6, 6.07) is 74.0. The van der Waals surface area contributed by atoms with Crippen LogP contribution < -0.4 is 0 Å². The number of aryl methyl sites for hydroxylation is 6. The van der Waals surface area contributed by atoms with Crippen molar-refractivity contribution in [3.05, 3.63) is 245 Å². The average molecular weight is 1060 g/mol. The van der Waals surface area contributed by atoms with E-state index in [9.17, 15) is 0 Å². The minimum Gasteiger partial charge on any atom is -0.309 e. The predicted octanol–water partition coefficient (Wildman–Crippen LogP) is 20.5. The van der Waals surface area contributed by atoms with Gasteiger partial charge in [-0.3, -0.25) is 4.57 Å². The molecule has 3 heterocycles. The van der Waals surface area contributed by atoms with E-state index in [0.29, 0.717) is 17.6 Å². The Morgan fingerprint density at radius 3 is 1.11 bits per heavy atom. The lowest BCUT2D eigenvalue weighted by atomic mass is 9.86. The normalized spacial score (nSPS) is 12.1. The van der Waals surface area contributed by atoms with Gasteiger partial charge in [-0.05, 0) is 191 Å². The van der Waals surface area contributed by atoms with Crippen LogP contribution in [0.2, 0.25) is 0 Å². The molecule has 0 saturated heterocycles. The molecule has 0 unspecified atom stereocenters. The molecule has 0 aliphatic heterocycles. The van der Waals surface area contributed by atoms with Crippen molar-refractivity contribution in [2.45, 2.75) is 93.9 Å². The molecule has 0 amide bonds. The molecule has 0 spiro atoms. The number of rotatable bonds is 8. The standard InChI is InChI=1S/C77H69N5/c1-46-38-48(3)71(49(4)39-46)57-28-36-67-64(44-57)65-45-58(72-50(5)40-47(2)41-51(72)6)29-37-68(65)81(67)66-21-17-16-20-61(66)74-78-73(54-18-14-13-15-19-54)79-75(80-74)82-69-34-26-55(52-22-30-59(31-23-52)76(7,8)9)42-62(69)63-43-56(27-35-70(63)82)53-24-32-60(33-25-53)77(10,11)12/h13-45H,1-12H3. The lowest BCUT2D eigenvalue weighted by Gasteiger charge is -2.19. The van der Waals surface area contributed by atoms with Crippen LogP contribution in [0.4, 0.5) is 0 Å². The fraction of sp³-hybridized carbons (Fsp3) is 0.182. The van der Waals surface area contributed by atoms with Gasteiger partial charge < -0.3 is 4.57 Å². The van der Waals surface area contributed by atoms with Gasteiger partial charge in [0.25, 0.3) is 0 Å². The minimum absolute atomic E-state index is 0.0539. The van der Waals surface area contributed by atoms with Crippen molar-refractivity contribution >= 4 is 43.6 Å². The molecule has 0 radical (unpaired) electrons. The molecule has 5 heteroatoms. The first-order valence-corrected chi connectivity index (χ1v) is 28.8. The Morgan fingerprint density at radius 1 is 0.305 bits per heavy atom. The average Bonchev–Trinajstić information content (AvgIpc) is 2.64. The van der Waals surface area contributed by atoms with Crippen molar-refractivity contribution in [1.82, 2.24) is 24.1 Å². The lowest BCUT2D eigenvalue weighted by Crippen LogP contribution is -2.10. The third kappa shape index (κ3) is 9.19. The summed E-state index contributed by atoms with van der Waals surface area (Å²) >= 11 is 0. The van der Waals surface area contributed by atoms with Crippen LogP contribution in [0.25, 0.3) is 123 Å². The first-order valence-electron chi connectivity index (χ1n) is 28.8. The first-order chi connectivity index (χ1) is 39.4. The Hall–Kier alpha value is -9.19. The van der Waals surface area contributed by atoms with Crippen molar-refractivity contribution < 1.29 is 0 Å². The molecule has 0 saturated carbocycles. The van der Waals surface area contributed by atoms with Gasteiger partial charge in [0.1, 0.15) is 0 Å². The highest BCUT2D eigenvalue weighted by Crippen LogP contribution is 2.43. The van der Waals surface area contributed by atoms with Crippen molar-refractivity contribution in [2.24, 2.45) is 0 Å². The monoisotopic (exact) mass is 1060 g/mol. The van der Waals surface area contributed by atoms with E-state index in [1.54, 1.807) is 0 Å². The molecule has 3 aromatic heterocycles. The van der Waals surface area contributed by atoms with Gasteiger partial charge in [-0.2, -0.15) is 9.97 Å². The van der Waals surface area contributed by atoms with E-state index in [4.69, 9.17) is 15.0 Å². The van der Waals surface area contributed by atoms with Gasteiger partial charge >= 0.3 is 0 Å². The van der Waals surface area contributed by atoms with Crippen molar-refractivity contribution in [3.63, 3.8) is 0 Å². The van der Waals surface area contributed by atoms with Crippen LogP contribution in [0.15, 0.2) is 200 Å². The Morgan fingerprint density at radius 2 is 0.671 bits per heavy atom. The summed E-state index contributed by atoms with van der Waals surface area (Å²) in [4.78, 5) is 16.5. The highest BCUT2D eigenvalue weighted by atomic mass is 15.2. The van der Waals surface area contributed by atoms with Crippen molar-refractivity contribution in [2.75, 3.05) is 0 Å². The van der Waals surface area contributed by atoms with Crippen LogP contribution in [0.5, 0.6) is 0 Å². The molecule has 0 fully saturated rings. The zero-order valence-corrected chi connectivity index (χ0v) is 49.3. The summed E-state index contributed by atoms with van der Waals surface area (Å²) in [6.07, 6.45) is 0. The zero-order chi connectivity index (χ0) is 56.9. The van der Waals surface area contributed by atoms with Gasteiger partial charge in [0.05, 0.1) is 27.8 Å². The summed E-state index contributed by atoms with van der Waals surface area (Å²) < 4.78 is 4.67. The summed E-state index contributed by atoms with van der Waals surface area (Å²) in [5.74, 6) is 1.73. The van der Waals surface area contributed by atoms with Crippen molar-refractivity contribution in [3.8, 4) is 78.9 Å². The maximum atomic E-state index is 5.62. The molecule has 13 rings (SSSR count). The topological polar surface area (TPSA) is 48.5 Å². The van der Waals surface area contributed by atoms with Gasteiger partial charge in [0, 0.05) is 32.7 Å². The van der Waals surface area contributed by atoms with Crippen LogP contribution in [0, 0.1) is 41.5 Å². The van der Waals surface area contributed by atoms with Gasteiger partial charge in [0.2, 0.25) is 5.95 Å². The third-order valence-electron chi connectivity index (χ3n) is 16.9. The second-order valence-electron chi connectivity index (χ2n) is 25.0. The van der Waals surface area contributed by atoms with Gasteiger partial charge in [-0.15, -0.1) is 0 Å². The maximum absolute atomic E-state index is 5.62. The largest absolute Gasteiger partial charge is 0.309 e. The van der Waals surface area contributed by atoms with Crippen LogP contribution in [0.1, 0.15) is 86.1 Å². The van der Waals surface area contributed by atoms with Gasteiger partial charge in [0.15, 0.2) is 11.6 Å². The van der Waals surface area contributed by atoms with E-state index in [2.05, 4.69) is 286 Å². The number of hydrogen-bond donors (Lipinski definition) is 0. The Kier molecular flexibility index (Phi) is 12.6. The number of para-hydroxylation sites is 1. The van der Waals surface area contributed by atoms with E-state index in [1.807, 2.05) is 6.07 Å². The van der Waals surface area contributed by atoms with E-state index in [1.165, 1.54) is 88.7 Å². The Bertz CT molecular complexity index is 4400. The van der Waals surface area contributed by atoms with E-state index in [-0.39, 0.29) is 10.8 Å². The fourth-order valence-electron chi connectivity index (χ4n) is 12.9. The second kappa shape index (κ2) is 19.8. The summed E-state index contributed by atoms with van der Waals surface area (Å²) in [5, 5.41) is 4.62. The number of nitrogens with zero attached hydrogens (tertiary/aromatic N) is 5. The molecule has 10 aromatic carbocycles. The highest BCUT2D eigenvalue weighted by molar-refractivity contribution is 6.13. The molecule has 0 bridgehead atoms. The van der Waals surface area contributed by atoms with Crippen molar-refractivity contribution in [1.29, 1.82) is 0 Å². The summed E-state index contributed by atoms with van der Waals surface area (Å²) in [5.41, 5.74) is 27.1. The summed E-state index contributed by atoms with van der Waals surface area (Å²) in [6.45, 7) is 26.9. The molecular weight excluding hydrogens is 995 g/mol. The number of fused-ring (bicyclic) bond motifs is 6. The molecule has 0 atom stereocenters. The van der Waals surface area contributed by atoms with Crippen LogP contribution >= 0.6 is 0 Å². The highest BCUT2D eigenvalue weighted by Gasteiger charge is 2.24. The van der Waals surface area contributed by atoms with Crippen LogP contribution in [-0.2, 0) is 10.8 Å². The van der Waals surface area contributed by atoms with Gasteiger partial charge in [-0.1, -0.05) is 192 Å². The molecule has 13 aromatic rings. The Labute approximate surface area is 482 Å². The van der Waals surface area contributed by atoms with Crippen LogP contribution in [-0.4, -0.2) is 24.1 Å². The fourth-order valence-corrected chi connectivity index (χ4v) is 12.9. The maximum Gasteiger partial charge on any atom is 0.238 e. The quantitative estimate of drug-likeness (QED) is 0.152. The van der Waals surface area contributed by atoms with E-state index >= 15 is 0 Å². The molecule has 0 N–H and O–H groups in total. The molecule has 402 valence electrons. The SMILES string of the molecule is Cc1cc(C)c(-c2ccc3c(c2)c2cc(-c4c(C)cc(C)cc4C)ccc2n3-c2ccccc2-c2nc(-c3ccccc3)nc(-n3c4ccc(-c5ccc(C(C)(C)C)cc5)cc4c4cc(-c5ccc(C(C)(C)C)cc5)ccc43)n2)c(C)c1. The van der Waals surface area contributed by atoms with E-state index in [0.717, 1.165) is 60.8 Å². The summed E-state index contributed by atoms with van der Waals surface area (Å²) in [7, 11) is 0.